The number of aromatic nitrogens is 2. The third kappa shape index (κ3) is 9.40. The Labute approximate surface area is 281 Å². The van der Waals surface area contributed by atoms with Crippen LogP contribution in [0.25, 0.3) is 0 Å². The number of sulfonamides is 1. The maximum Gasteiger partial charge on any atom is 0.410 e. The summed E-state index contributed by atoms with van der Waals surface area (Å²) in [6.45, 7) is 13.3. The van der Waals surface area contributed by atoms with Gasteiger partial charge in [-0.2, -0.15) is 4.98 Å². The molecule has 2 heterocycles. The Morgan fingerprint density at radius 3 is 2.12 bits per heavy atom. The normalized spacial score (nSPS) is 13.9. The molecular formula is C33H44N6O8S. The zero-order valence-electron chi connectivity index (χ0n) is 28.8. The second kappa shape index (κ2) is 14.1. The smallest absolute Gasteiger partial charge is 0.410 e. The lowest BCUT2D eigenvalue weighted by atomic mass is 9.86. The minimum Gasteiger partial charge on any atom is -0.493 e. The Hall–Kier alpha value is -4.79. The van der Waals surface area contributed by atoms with Gasteiger partial charge in [0, 0.05) is 44.0 Å². The summed E-state index contributed by atoms with van der Waals surface area (Å²) in [4.78, 5) is 38.6. The van der Waals surface area contributed by atoms with Gasteiger partial charge in [0.05, 0.1) is 31.9 Å². The molecule has 0 aliphatic carbocycles. The number of anilines is 3. The molecule has 0 atom stereocenters. The summed E-state index contributed by atoms with van der Waals surface area (Å²) in [5, 5.41) is 2.86. The third-order valence-corrected chi connectivity index (χ3v) is 7.77. The Morgan fingerprint density at radius 1 is 0.875 bits per heavy atom. The van der Waals surface area contributed by atoms with Crippen LogP contribution in [0.1, 0.15) is 57.5 Å². The first kappa shape index (κ1) is 36.1. The van der Waals surface area contributed by atoms with Crippen molar-refractivity contribution in [1.29, 1.82) is 0 Å². The molecule has 1 aromatic heterocycles. The molecule has 0 radical (unpaired) electrons. The minimum absolute atomic E-state index is 0.159. The second-order valence-electron chi connectivity index (χ2n) is 13.3. The summed E-state index contributed by atoms with van der Waals surface area (Å²) in [7, 11) is -0.765. The van der Waals surface area contributed by atoms with Crippen LogP contribution in [-0.4, -0.2) is 87.5 Å². The van der Waals surface area contributed by atoms with E-state index in [4.69, 9.17) is 18.9 Å². The van der Waals surface area contributed by atoms with Crippen molar-refractivity contribution >= 4 is 39.3 Å². The molecule has 48 heavy (non-hydrogen) atoms. The van der Waals surface area contributed by atoms with Gasteiger partial charge < -0.3 is 34.1 Å². The molecule has 1 aliphatic rings. The summed E-state index contributed by atoms with van der Waals surface area (Å²) in [6, 6.07) is 9.72. The summed E-state index contributed by atoms with van der Waals surface area (Å²) in [6.07, 6.45) is 2.25. The SMILES string of the molecule is COc1ccc(C(=O)Nc2cc(C(C)(C)C)cc(NS(C)(=O)=O)c2OC)cc1Oc1ccnc(N2CCN(C(=O)OC(C)(C)C)CC2)n1. The first-order valence-electron chi connectivity index (χ1n) is 15.3. The Balaban J connectivity index is 1.55. The number of nitrogens with one attached hydrogen (secondary N) is 2. The monoisotopic (exact) mass is 684 g/mol. The molecule has 0 spiro atoms. The van der Waals surface area contributed by atoms with Crippen LogP contribution in [0.5, 0.6) is 23.1 Å². The highest BCUT2D eigenvalue weighted by Gasteiger charge is 2.27. The van der Waals surface area contributed by atoms with Crippen LogP contribution in [0.4, 0.5) is 22.1 Å². The highest BCUT2D eigenvalue weighted by molar-refractivity contribution is 7.92. The number of piperazine rings is 1. The van der Waals surface area contributed by atoms with Crippen molar-refractivity contribution in [3.8, 4) is 23.1 Å². The van der Waals surface area contributed by atoms with Crippen LogP contribution >= 0.6 is 0 Å². The number of nitrogens with zero attached hydrogens (tertiary/aromatic N) is 4. The van der Waals surface area contributed by atoms with E-state index < -0.39 is 21.5 Å². The number of hydrogen-bond donors (Lipinski definition) is 2. The molecule has 15 heteroatoms. The molecule has 1 fully saturated rings. The number of carbonyl (C=O) groups excluding carboxylic acids is 2. The molecule has 3 aromatic rings. The van der Waals surface area contributed by atoms with Crippen molar-refractivity contribution in [2.45, 2.75) is 52.6 Å². The van der Waals surface area contributed by atoms with Gasteiger partial charge >= 0.3 is 6.09 Å². The molecule has 14 nitrogen and oxygen atoms in total. The maximum absolute atomic E-state index is 13.6. The Bertz CT molecular complexity index is 1760. The summed E-state index contributed by atoms with van der Waals surface area (Å²) >= 11 is 0. The summed E-state index contributed by atoms with van der Waals surface area (Å²) in [5.74, 6) is 0.912. The van der Waals surface area contributed by atoms with Crippen molar-refractivity contribution in [2.24, 2.45) is 0 Å². The highest BCUT2D eigenvalue weighted by Crippen LogP contribution is 2.40. The van der Waals surface area contributed by atoms with E-state index in [-0.39, 0.29) is 45.8 Å². The van der Waals surface area contributed by atoms with E-state index in [1.807, 2.05) is 46.4 Å². The fraction of sp³-hybridized carbons (Fsp3) is 0.455. The number of amides is 2. The number of benzene rings is 2. The predicted octanol–water partition coefficient (Wildman–Crippen LogP) is 5.26. The lowest BCUT2D eigenvalue weighted by Gasteiger charge is -2.35. The zero-order chi connectivity index (χ0) is 35.4. The van der Waals surface area contributed by atoms with Crippen molar-refractivity contribution < 1.29 is 37.0 Å². The molecular weight excluding hydrogens is 640 g/mol. The van der Waals surface area contributed by atoms with Gasteiger partial charge in [-0.05, 0) is 62.1 Å². The first-order valence-corrected chi connectivity index (χ1v) is 17.2. The average Bonchev–Trinajstić information content (AvgIpc) is 2.99. The van der Waals surface area contributed by atoms with Crippen LogP contribution < -0.4 is 29.1 Å². The van der Waals surface area contributed by atoms with Crippen molar-refractivity contribution in [1.82, 2.24) is 14.9 Å². The molecule has 1 aliphatic heterocycles. The maximum atomic E-state index is 13.6. The lowest BCUT2D eigenvalue weighted by molar-refractivity contribution is 0.0240. The van der Waals surface area contributed by atoms with E-state index in [1.54, 1.807) is 41.4 Å². The van der Waals surface area contributed by atoms with Crippen molar-refractivity contribution in [3.05, 3.63) is 53.7 Å². The highest BCUT2D eigenvalue weighted by atomic mass is 32.2. The fourth-order valence-corrected chi connectivity index (χ4v) is 5.36. The summed E-state index contributed by atoms with van der Waals surface area (Å²) < 4.78 is 49.3. The van der Waals surface area contributed by atoms with Gasteiger partial charge in [-0.3, -0.25) is 9.52 Å². The van der Waals surface area contributed by atoms with Gasteiger partial charge in [0.2, 0.25) is 21.9 Å². The van der Waals surface area contributed by atoms with E-state index >= 15 is 0 Å². The standard InChI is InChI=1S/C33H44N6O8S/c1-32(2,3)22-19-23(28(45-8)24(20-22)37-48(9,42)43)35-29(40)21-10-11-25(44-7)26(18-21)46-27-12-13-34-30(36-27)38-14-16-39(17-15-38)31(41)47-33(4,5)6/h10-13,18-20,37H,14-17H2,1-9H3,(H,35,40). The van der Waals surface area contributed by atoms with E-state index in [0.717, 1.165) is 11.8 Å². The topological polar surface area (TPSA) is 162 Å². The number of methoxy groups -OCH3 is 2. The second-order valence-corrected chi connectivity index (χ2v) is 15.0. The van der Waals surface area contributed by atoms with Gasteiger partial charge in [0.25, 0.3) is 5.91 Å². The largest absolute Gasteiger partial charge is 0.493 e. The first-order chi connectivity index (χ1) is 22.4. The van der Waals surface area contributed by atoms with E-state index in [1.165, 1.54) is 20.3 Å². The molecule has 0 unspecified atom stereocenters. The molecule has 2 N–H and O–H groups in total. The quantitative estimate of drug-likeness (QED) is 0.302. The van der Waals surface area contributed by atoms with Gasteiger partial charge in [-0.1, -0.05) is 20.8 Å². The van der Waals surface area contributed by atoms with Crippen LogP contribution in [0, 0.1) is 0 Å². The number of rotatable bonds is 9. The molecule has 2 amide bonds. The Morgan fingerprint density at radius 2 is 1.54 bits per heavy atom. The van der Waals surface area contributed by atoms with Crippen LogP contribution in [-0.2, 0) is 20.2 Å². The molecule has 260 valence electrons. The molecule has 2 aromatic carbocycles. The average molecular weight is 685 g/mol. The third-order valence-electron chi connectivity index (χ3n) is 7.17. The van der Waals surface area contributed by atoms with Crippen LogP contribution in [0.15, 0.2) is 42.6 Å². The van der Waals surface area contributed by atoms with Crippen molar-refractivity contribution in [3.63, 3.8) is 0 Å². The van der Waals surface area contributed by atoms with Gasteiger partial charge in [0.1, 0.15) is 5.60 Å². The Kier molecular flexibility index (Phi) is 10.6. The van der Waals surface area contributed by atoms with E-state index in [2.05, 4.69) is 20.0 Å². The van der Waals surface area contributed by atoms with Crippen molar-refractivity contribution in [2.75, 3.05) is 61.6 Å². The molecule has 0 saturated carbocycles. The number of hydrogen-bond acceptors (Lipinski definition) is 11. The summed E-state index contributed by atoms with van der Waals surface area (Å²) in [5.41, 5.74) is 0.545. The minimum atomic E-state index is -3.64. The number of carbonyl (C=O) groups is 2. The van der Waals surface area contributed by atoms with E-state index in [0.29, 0.717) is 37.9 Å². The molecule has 1 saturated heterocycles. The number of ether oxygens (including phenoxy) is 4. The molecule has 4 rings (SSSR count). The van der Waals surface area contributed by atoms with Crippen LogP contribution in [0.3, 0.4) is 0 Å². The van der Waals surface area contributed by atoms with Crippen LogP contribution in [0.2, 0.25) is 0 Å². The van der Waals surface area contributed by atoms with Gasteiger partial charge in [0.15, 0.2) is 17.2 Å². The van der Waals surface area contributed by atoms with Gasteiger partial charge in [-0.25, -0.2) is 18.2 Å². The lowest BCUT2D eigenvalue weighted by Crippen LogP contribution is -2.50. The van der Waals surface area contributed by atoms with Gasteiger partial charge in [-0.15, -0.1) is 0 Å². The van der Waals surface area contributed by atoms with E-state index in [9.17, 15) is 18.0 Å². The molecule has 0 bridgehead atoms. The predicted molar refractivity (Wildman–Crippen MR) is 183 cm³/mol. The fourth-order valence-electron chi connectivity index (χ4n) is 4.81. The zero-order valence-corrected chi connectivity index (χ0v) is 29.6.